The van der Waals surface area contributed by atoms with Gasteiger partial charge >= 0.3 is 0 Å². The van der Waals surface area contributed by atoms with Crippen LogP contribution in [0.5, 0.6) is 0 Å². The minimum Gasteiger partial charge on any atom is -0.339 e. The second kappa shape index (κ2) is 7.60. The van der Waals surface area contributed by atoms with Gasteiger partial charge in [-0.05, 0) is 60.9 Å². The third-order valence-electron chi connectivity index (χ3n) is 4.59. The molecule has 0 bridgehead atoms. The molecule has 2 heterocycles. The van der Waals surface area contributed by atoms with Crippen molar-refractivity contribution in [2.45, 2.75) is 25.7 Å². The van der Waals surface area contributed by atoms with Crippen LogP contribution in [0.15, 0.2) is 51.5 Å². The van der Waals surface area contributed by atoms with Crippen LogP contribution in [0.1, 0.15) is 24.3 Å². The number of carbonyl (C=O) groups excluding carboxylic acids is 1. The summed E-state index contributed by atoms with van der Waals surface area (Å²) in [5, 5.41) is 3.92. The molecule has 1 amide bonds. The van der Waals surface area contributed by atoms with Crippen molar-refractivity contribution in [2.75, 3.05) is 11.4 Å². The molecule has 0 N–H and O–H groups in total. The van der Waals surface area contributed by atoms with Crippen LogP contribution in [0.25, 0.3) is 11.4 Å². The van der Waals surface area contributed by atoms with Crippen LogP contribution in [0.4, 0.5) is 10.1 Å². The van der Waals surface area contributed by atoms with E-state index in [2.05, 4.69) is 32.1 Å². The van der Waals surface area contributed by atoms with Gasteiger partial charge in [-0.2, -0.15) is 4.98 Å². The number of carbonyl (C=O) groups is 1. The van der Waals surface area contributed by atoms with Crippen LogP contribution in [-0.2, 0) is 17.6 Å². The molecule has 27 heavy (non-hydrogen) atoms. The highest BCUT2D eigenvalue weighted by Crippen LogP contribution is 2.31. The molecule has 0 aliphatic carbocycles. The fraction of sp³-hybridized carbons (Fsp3) is 0.250. The Labute approximate surface area is 164 Å². The van der Waals surface area contributed by atoms with Crippen LogP contribution in [0, 0.1) is 5.82 Å². The van der Waals surface area contributed by atoms with Crippen LogP contribution in [0.3, 0.4) is 0 Å². The number of hydrogen-bond donors (Lipinski definition) is 0. The molecule has 0 spiro atoms. The van der Waals surface area contributed by atoms with Crippen molar-refractivity contribution in [3.05, 3.63) is 64.2 Å². The van der Waals surface area contributed by atoms with Crippen molar-refractivity contribution in [3.63, 3.8) is 0 Å². The van der Waals surface area contributed by atoms with Crippen molar-refractivity contribution in [2.24, 2.45) is 0 Å². The summed E-state index contributed by atoms with van der Waals surface area (Å²) in [5.41, 5.74) is 2.89. The molecule has 1 aromatic heterocycles. The highest BCUT2D eigenvalue weighted by atomic mass is 79.9. The predicted molar refractivity (Wildman–Crippen MR) is 103 cm³/mol. The number of benzene rings is 2. The zero-order valence-electron chi connectivity index (χ0n) is 14.5. The monoisotopic (exact) mass is 429 g/mol. The van der Waals surface area contributed by atoms with E-state index in [1.54, 1.807) is 12.1 Å². The van der Waals surface area contributed by atoms with E-state index in [1.165, 1.54) is 17.7 Å². The van der Waals surface area contributed by atoms with Crippen LogP contribution < -0.4 is 4.90 Å². The second-order valence-corrected chi connectivity index (χ2v) is 7.36. The molecular formula is C20H17BrFN3O2. The first-order chi connectivity index (χ1) is 13.1. The van der Waals surface area contributed by atoms with E-state index < -0.39 is 0 Å². The fourth-order valence-corrected chi connectivity index (χ4v) is 3.64. The van der Waals surface area contributed by atoms with Gasteiger partial charge in [-0.15, -0.1) is 0 Å². The van der Waals surface area contributed by atoms with Crippen molar-refractivity contribution >= 4 is 27.5 Å². The Morgan fingerprint density at radius 3 is 2.85 bits per heavy atom. The third kappa shape index (κ3) is 3.93. The summed E-state index contributed by atoms with van der Waals surface area (Å²) >= 11 is 3.47. The minimum absolute atomic E-state index is 0.106. The number of aryl methyl sites for hydroxylation is 1. The zero-order valence-corrected chi connectivity index (χ0v) is 16.1. The molecule has 5 nitrogen and oxygen atoms in total. The SMILES string of the molecule is O=C(CCCc1nc(-c2ccc(F)cc2)no1)N1CCc2cc(Br)ccc21. The number of fused-ring (bicyclic) bond motifs is 1. The lowest BCUT2D eigenvalue weighted by Gasteiger charge is -2.17. The number of nitrogens with zero attached hydrogens (tertiary/aromatic N) is 3. The maximum Gasteiger partial charge on any atom is 0.227 e. The number of hydrogen-bond acceptors (Lipinski definition) is 4. The highest BCUT2D eigenvalue weighted by Gasteiger charge is 2.24. The summed E-state index contributed by atoms with van der Waals surface area (Å²) in [4.78, 5) is 18.7. The predicted octanol–water partition coefficient (Wildman–Crippen LogP) is 4.55. The van der Waals surface area contributed by atoms with Gasteiger partial charge in [0, 0.05) is 35.1 Å². The first-order valence-corrected chi connectivity index (χ1v) is 9.57. The zero-order chi connectivity index (χ0) is 18.8. The molecule has 2 aromatic carbocycles. The number of halogens is 2. The average Bonchev–Trinajstić information content (AvgIpc) is 3.29. The second-order valence-electron chi connectivity index (χ2n) is 6.44. The van der Waals surface area contributed by atoms with Gasteiger partial charge in [-0.3, -0.25) is 4.79 Å². The van der Waals surface area contributed by atoms with E-state index in [9.17, 15) is 9.18 Å². The molecule has 0 fully saturated rings. The standard InChI is InChI=1S/C20H17BrFN3O2/c21-15-6-9-17-14(12-15)10-11-25(17)19(26)3-1-2-18-23-20(24-27-18)13-4-7-16(22)8-5-13/h4-9,12H,1-3,10-11H2. The fourth-order valence-electron chi connectivity index (χ4n) is 3.23. The quantitative estimate of drug-likeness (QED) is 0.596. The Hall–Kier alpha value is -2.54. The topological polar surface area (TPSA) is 59.2 Å². The first kappa shape index (κ1) is 17.9. The van der Waals surface area contributed by atoms with Gasteiger partial charge < -0.3 is 9.42 Å². The van der Waals surface area contributed by atoms with E-state index in [-0.39, 0.29) is 11.7 Å². The lowest BCUT2D eigenvalue weighted by Crippen LogP contribution is -2.28. The largest absolute Gasteiger partial charge is 0.339 e. The lowest BCUT2D eigenvalue weighted by molar-refractivity contribution is -0.118. The molecule has 4 rings (SSSR count). The van der Waals surface area contributed by atoms with Crippen molar-refractivity contribution in [3.8, 4) is 11.4 Å². The summed E-state index contributed by atoms with van der Waals surface area (Å²) in [5.74, 6) is 0.703. The molecule has 1 aliphatic heterocycles. The van der Waals surface area contributed by atoms with E-state index >= 15 is 0 Å². The summed E-state index contributed by atoms with van der Waals surface area (Å²) in [6.45, 7) is 0.722. The normalized spacial score (nSPS) is 13.0. The van der Waals surface area contributed by atoms with Crippen molar-refractivity contribution in [1.82, 2.24) is 10.1 Å². The number of rotatable bonds is 5. The Kier molecular flexibility index (Phi) is 5.03. The number of amides is 1. The van der Waals surface area contributed by atoms with Crippen molar-refractivity contribution < 1.29 is 13.7 Å². The first-order valence-electron chi connectivity index (χ1n) is 8.77. The molecule has 0 saturated heterocycles. The van der Waals surface area contributed by atoms with E-state index in [0.29, 0.717) is 36.5 Å². The molecule has 0 radical (unpaired) electrons. The Morgan fingerprint density at radius 1 is 1.22 bits per heavy atom. The molecule has 1 aliphatic rings. The molecular weight excluding hydrogens is 413 g/mol. The summed E-state index contributed by atoms with van der Waals surface area (Å²) in [6, 6.07) is 11.9. The number of aromatic nitrogens is 2. The maximum absolute atomic E-state index is 13.0. The minimum atomic E-state index is -0.308. The van der Waals surface area contributed by atoms with Gasteiger partial charge in [0.2, 0.25) is 17.6 Å². The van der Waals surface area contributed by atoms with Gasteiger partial charge in [0.05, 0.1) is 0 Å². The van der Waals surface area contributed by atoms with E-state index in [4.69, 9.17) is 4.52 Å². The summed E-state index contributed by atoms with van der Waals surface area (Å²) in [7, 11) is 0. The summed E-state index contributed by atoms with van der Waals surface area (Å²) < 4.78 is 19.3. The van der Waals surface area contributed by atoms with Crippen LogP contribution >= 0.6 is 15.9 Å². The molecule has 3 aromatic rings. The van der Waals surface area contributed by atoms with Gasteiger partial charge in [-0.25, -0.2) is 4.39 Å². The Bertz CT molecular complexity index is 972. The van der Waals surface area contributed by atoms with Gasteiger partial charge in [0.25, 0.3) is 0 Å². The van der Waals surface area contributed by atoms with E-state index in [0.717, 1.165) is 23.1 Å². The van der Waals surface area contributed by atoms with Gasteiger partial charge in [-0.1, -0.05) is 21.1 Å². The Balaban J connectivity index is 1.33. The molecule has 0 saturated carbocycles. The number of anilines is 1. The molecule has 138 valence electrons. The summed E-state index contributed by atoms with van der Waals surface area (Å²) in [6.07, 6.45) is 2.46. The van der Waals surface area contributed by atoms with Gasteiger partial charge in [0.1, 0.15) is 5.82 Å². The Morgan fingerprint density at radius 2 is 2.04 bits per heavy atom. The lowest BCUT2D eigenvalue weighted by atomic mass is 10.1. The maximum atomic E-state index is 13.0. The van der Waals surface area contributed by atoms with Crippen molar-refractivity contribution in [1.29, 1.82) is 0 Å². The average molecular weight is 430 g/mol. The molecule has 7 heteroatoms. The third-order valence-corrected chi connectivity index (χ3v) is 5.08. The van der Waals surface area contributed by atoms with Gasteiger partial charge in [0.15, 0.2) is 0 Å². The van der Waals surface area contributed by atoms with E-state index in [1.807, 2.05) is 17.0 Å². The van der Waals surface area contributed by atoms with Crippen LogP contribution in [-0.4, -0.2) is 22.6 Å². The highest BCUT2D eigenvalue weighted by molar-refractivity contribution is 9.10. The molecule has 0 atom stereocenters. The van der Waals surface area contributed by atoms with Crippen LogP contribution in [0.2, 0.25) is 0 Å². The molecule has 0 unspecified atom stereocenters. The smallest absolute Gasteiger partial charge is 0.227 e.